The van der Waals surface area contributed by atoms with Crippen molar-refractivity contribution in [2.24, 2.45) is 0 Å². The number of nitrogens with one attached hydrogen (secondary N) is 1. The summed E-state index contributed by atoms with van der Waals surface area (Å²) in [5.74, 6) is 0.596. The van der Waals surface area contributed by atoms with E-state index in [0.717, 1.165) is 11.3 Å². The number of pyridine rings is 1. The van der Waals surface area contributed by atoms with Crippen molar-refractivity contribution in [3.63, 3.8) is 0 Å². The van der Waals surface area contributed by atoms with E-state index in [9.17, 15) is 4.79 Å². The SMILES string of the molecule is CC(=O)OC(C)Nc1c(C)c(C)nc(Oc2ccccc2)c1N. The molecule has 0 radical (unpaired) electrons. The molecule has 0 amide bonds. The number of aromatic nitrogens is 1. The normalized spacial score (nSPS) is 11.7. The van der Waals surface area contributed by atoms with E-state index in [2.05, 4.69) is 10.3 Å². The number of carbonyl (C=O) groups is 1. The maximum atomic E-state index is 11.1. The number of nitrogens with zero attached hydrogens (tertiary/aromatic N) is 1. The van der Waals surface area contributed by atoms with E-state index < -0.39 is 6.23 Å². The molecule has 122 valence electrons. The molecular formula is C17H21N3O3. The van der Waals surface area contributed by atoms with Crippen LogP contribution in [0.3, 0.4) is 0 Å². The van der Waals surface area contributed by atoms with Gasteiger partial charge in [0.05, 0.1) is 5.69 Å². The molecule has 0 spiro atoms. The molecule has 0 saturated carbocycles. The number of ether oxygens (including phenoxy) is 2. The standard InChI is InChI=1S/C17H21N3O3/c1-10-11(2)19-17(23-14-8-6-5-7-9-14)15(18)16(10)20-12(3)22-13(4)21/h5-9,12H,18H2,1-4H3,(H,19,20). The molecule has 1 aromatic carbocycles. The lowest BCUT2D eigenvalue weighted by Gasteiger charge is -2.21. The van der Waals surface area contributed by atoms with Crippen molar-refractivity contribution in [3.8, 4) is 11.6 Å². The first-order valence-electron chi connectivity index (χ1n) is 7.31. The van der Waals surface area contributed by atoms with Crippen LogP contribution in [0.4, 0.5) is 11.4 Å². The molecule has 23 heavy (non-hydrogen) atoms. The maximum Gasteiger partial charge on any atom is 0.304 e. The van der Waals surface area contributed by atoms with Gasteiger partial charge in [-0.25, -0.2) is 4.98 Å². The molecule has 0 aliphatic heterocycles. The van der Waals surface area contributed by atoms with E-state index in [1.807, 2.05) is 44.2 Å². The minimum absolute atomic E-state index is 0.317. The zero-order valence-electron chi connectivity index (χ0n) is 13.7. The van der Waals surface area contributed by atoms with E-state index in [-0.39, 0.29) is 5.97 Å². The van der Waals surface area contributed by atoms with Crippen LogP contribution in [0.5, 0.6) is 11.6 Å². The predicted molar refractivity (Wildman–Crippen MR) is 89.5 cm³/mol. The number of hydrogen-bond donors (Lipinski definition) is 2. The van der Waals surface area contributed by atoms with Crippen molar-refractivity contribution in [1.29, 1.82) is 0 Å². The highest BCUT2D eigenvalue weighted by atomic mass is 16.6. The minimum atomic E-state index is -0.514. The topological polar surface area (TPSA) is 86.5 Å². The summed E-state index contributed by atoms with van der Waals surface area (Å²) in [4.78, 5) is 15.5. The summed E-state index contributed by atoms with van der Waals surface area (Å²) in [6.45, 7) is 6.85. The molecule has 2 rings (SSSR count). The monoisotopic (exact) mass is 315 g/mol. The Morgan fingerprint density at radius 1 is 1.26 bits per heavy atom. The lowest BCUT2D eigenvalue weighted by molar-refractivity contribution is -0.144. The largest absolute Gasteiger partial charge is 0.442 e. The summed E-state index contributed by atoms with van der Waals surface area (Å²) in [5, 5.41) is 3.09. The number of anilines is 2. The number of carbonyl (C=O) groups excluding carboxylic acids is 1. The quantitative estimate of drug-likeness (QED) is 0.649. The van der Waals surface area contributed by atoms with E-state index in [0.29, 0.717) is 23.0 Å². The fraction of sp³-hybridized carbons (Fsp3) is 0.294. The molecule has 0 bridgehead atoms. The highest BCUT2D eigenvalue weighted by Gasteiger charge is 2.17. The molecule has 0 aliphatic rings. The average Bonchev–Trinajstić information content (AvgIpc) is 2.49. The van der Waals surface area contributed by atoms with Gasteiger partial charge in [0.2, 0.25) is 5.88 Å². The number of nitrogen functional groups attached to an aromatic ring is 1. The Morgan fingerprint density at radius 2 is 1.91 bits per heavy atom. The summed E-state index contributed by atoms with van der Waals surface area (Å²) in [6.07, 6.45) is -0.514. The van der Waals surface area contributed by atoms with Crippen molar-refractivity contribution in [3.05, 3.63) is 41.6 Å². The molecule has 1 atom stereocenters. The number of benzene rings is 1. The van der Waals surface area contributed by atoms with Crippen LogP contribution in [0.15, 0.2) is 30.3 Å². The highest BCUT2D eigenvalue weighted by Crippen LogP contribution is 2.35. The molecule has 0 saturated heterocycles. The molecular weight excluding hydrogens is 294 g/mol. The summed E-state index contributed by atoms with van der Waals surface area (Å²) < 4.78 is 10.9. The van der Waals surface area contributed by atoms with Crippen LogP contribution in [-0.4, -0.2) is 17.2 Å². The Balaban J connectivity index is 2.33. The summed E-state index contributed by atoms with van der Waals surface area (Å²) in [6, 6.07) is 9.29. The fourth-order valence-electron chi connectivity index (χ4n) is 2.13. The Bertz CT molecular complexity index is 702. The Morgan fingerprint density at radius 3 is 2.52 bits per heavy atom. The second kappa shape index (κ2) is 7.00. The Kier molecular flexibility index (Phi) is 5.05. The maximum absolute atomic E-state index is 11.1. The van der Waals surface area contributed by atoms with Crippen LogP contribution in [0.25, 0.3) is 0 Å². The second-order valence-corrected chi connectivity index (χ2v) is 5.23. The van der Waals surface area contributed by atoms with Crippen molar-refractivity contribution in [1.82, 2.24) is 4.98 Å². The lowest BCUT2D eigenvalue weighted by Crippen LogP contribution is -2.23. The smallest absolute Gasteiger partial charge is 0.304 e. The third-order valence-corrected chi connectivity index (χ3v) is 3.33. The van der Waals surface area contributed by atoms with E-state index in [1.54, 1.807) is 6.92 Å². The van der Waals surface area contributed by atoms with Gasteiger partial charge in [-0.3, -0.25) is 4.79 Å². The zero-order chi connectivity index (χ0) is 17.0. The molecule has 6 heteroatoms. The summed E-state index contributed by atoms with van der Waals surface area (Å²) in [5.41, 5.74) is 8.87. The zero-order valence-corrected chi connectivity index (χ0v) is 13.7. The van der Waals surface area contributed by atoms with Gasteiger partial charge < -0.3 is 20.5 Å². The van der Waals surface area contributed by atoms with Gasteiger partial charge in [-0.1, -0.05) is 18.2 Å². The third kappa shape index (κ3) is 4.12. The van der Waals surface area contributed by atoms with Crippen LogP contribution in [-0.2, 0) is 9.53 Å². The van der Waals surface area contributed by atoms with E-state index in [1.165, 1.54) is 6.92 Å². The highest BCUT2D eigenvalue weighted by molar-refractivity contribution is 5.76. The fourth-order valence-corrected chi connectivity index (χ4v) is 2.13. The van der Waals surface area contributed by atoms with Gasteiger partial charge in [-0.15, -0.1) is 0 Å². The summed E-state index contributed by atoms with van der Waals surface area (Å²) in [7, 11) is 0. The van der Waals surface area contributed by atoms with Crippen molar-refractivity contribution >= 4 is 17.3 Å². The number of para-hydroxylation sites is 1. The number of aryl methyl sites for hydroxylation is 1. The van der Waals surface area contributed by atoms with Gasteiger partial charge >= 0.3 is 5.97 Å². The predicted octanol–water partition coefficient (Wildman–Crippen LogP) is 3.39. The van der Waals surface area contributed by atoms with Crippen molar-refractivity contribution in [2.75, 3.05) is 11.1 Å². The van der Waals surface area contributed by atoms with E-state index in [4.69, 9.17) is 15.2 Å². The van der Waals surface area contributed by atoms with Gasteiger partial charge in [-0.2, -0.15) is 0 Å². The molecule has 0 aliphatic carbocycles. The molecule has 1 unspecified atom stereocenters. The number of rotatable bonds is 5. The van der Waals surface area contributed by atoms with Crippen molar-refractivity contribution < 1.29 is 14.3 Å². The molecule has 2 aromatic rings. The molecule has 0 fully saturated rings. The van der Waals surface area contributed by atoms with Gasteiger partial charge in [0.25, 0.3) is 0 Å². The summed E-state index contributed by atoms with van der Waals surface area (Å²) >= 11 is 0. The van der Waals surface area contributed by atoms with Crippen LogP contribution in [0.2, 0.25) is 0 Å². The molecule has 3 N–H and O–H groups in total. The van der Waals surface area contributed by atoms with Crippen LogP contribution in [0, 0.1) is 13.8 Å². The molecule has 6 nitrogen and oxygen atoms in total. The molecule has 1 heterocycles. The number of hydrogen-bond acceptors (Lipinski definition) is 6. The number of nitrogens with two attached hydrogens (primary N) is 1. The minimum Gasteiger partial charge on any atom is -0.442 e. The van der Waals surface area contributed by atoms with Gasteiger partial charge in [0.1, 0.15) is 11.4 Å². The first kappa shape index (κ1) is 16.6. The first-order chi connectivity index (χ1) is 10.9. The van der Waals surface area contributed by atoms with Gasteiger partial charge in [-0.05, 0) is 38.5 Å². The lowest BCUT2D eigenvalue weighted by atomic mass is 10.1. The second-order valence-electron chi connectivity index (χ2n) is 5.23. The van der Waals surface area contributed by atoms with Crippen LogP contribution < -0.4 is 15.8 Å². The van der Waals surface area contributed by atoms with Crippen LogP contribution >= 0.6 is 0 Å². The average molecular weight is 315 g/mol. The van der Waals surface area contributed by atoms with Gasteiger partial charge in [0.15, 0.2) is 6.23 Å². The van der Waals surface area contributed by atoms with E-state index >= 15 is 0 Å². The van der Waals surface area contributed by atoms with Crippen molar-refractivity contribution in [2.45, 2.75) is 33.9 Å². The van der Waals surface area contributed by atoms with Gasteiger partial charge in [0, 0.05) is 12.6 Å². The van der Waals surface area contributed by atoms with Crippen LogP contribution in [0.1, 0.15) is 25.1 Å². The third-order valence-electron chi connectivity index (χ3n) is 3.33. The molecule has 1 aromatic heterocycles. The Labute approximate surface area is 135 Å². The Hall–Kier alpha value is -2.76. The number of esters is 1. The first-order valence-corrected chi connectivity index (χ1v) is 7.31.